The molecule has 4 nitrogen and oxygen atoms in total. The Morgan fingerprint density at radius 3 is 1.45 bits per heavy atom. The maximum Gasteiger partial charge on any atom is 0.124 e. The minimum absolute atomic E-state index is 0.418. The van der Waals surface area contributed by atoms with Gasteiger partial charge in [0.1, 0.15) is 11.5 Å². The Morgan fingerprint density at radius 2 is 1.14 bits per heavy atom. The van der Waals surface area contributed by atoms with E-state index in [1.807, 2.05) is 36.4 Å². The van der Waals surface area contributed by atoms with Crippen molar-refractivity contribution in [3.8, 4) is 11.5 Å². The van der Waals surface area contributed by atoms with Gasteiger partial charge in [-0.15, -0.1) is 0 Å². The van der Waals surface area contributed by atoms with Crippen molar-refractivity contribution in [2.24, 2.45) is 11.5 Å². The van der Waals surface area contributed by atoms with Gasteiger partial charge in [-0.1, -0.05) is 44.0 Å². The van der Waals surface area contributed by atoms with Crippen LogP contribution in [0.4, 0.5) is 0 Å². The zero-order chi connectivity index (χ0) is 16.3. The Labute approximate surface area is 147 Å². The summed E-state index contributed by atoms with van der Waals surface area (Å²) in [7, 11) is 3.23. The molecule has 0 bridgehead atoms. The highest BCUT2D eigenvalue weighted by atomic mass is 79.9. The number of hydrogen-bond acceptors (Lipinski definition) is 4. The molecule has 0 amide bonds. The lowest BCUT2D eigenvalue weighted by Gasteiger charge is -2.24. The Hall–Kier alpha value is -1.08. The van der Waals surface area contributed by atoms with Crippen LogP contribution in [0.1, 0.15) is 23.2 Å². The number of nitrogens with two attached hydrogens (primary N) is 2. The van der Waals surface area contributed by atoms with E-state index < -0.39 is 12.1 Å². The number of methoxy groups -OCH3 is 2. The third-order valence-corrected chi connectivity index (χ3v) is 4.48. The molecular formula is C16H18Br2N2O2. The zero-order valence-corrected chi connectivity index (χ0v) is 15.5. The van der Waals surface area contributed by atoms with Gasteiger partial charge in [-0.25, -0.2) is 0 Å². The SMILES string of the molecule is COc1cc(Br)ccc1C(N)C(N)c1ccc(Br)cc1OC. The van der Waals surface area contributed by atoms with E-state index in [-0.39, 0.29) is 0 Å². The van der Waals surface area contributed by atoms with Gasteiger partial charge in [-0.2, -0.15) is 0 Å². The van der Waals surface area contributed by atoms with Crippen molar-refractivity contribution in [2.75, 3.05) is 14.2 Å². The van der Waals surface area contributed by atoms with Crippen LogP contribution in [-0.2, 0) is 0 Å². The molecule has 2 aromatic rings. The molecule has 0 fully saturated rings. The molecule has 0 radical (unpaired) electrons. The highest BCUT2D eigenvalue weighted by Gasteiger charge is 2.23. The van der Waals surface area contributed by atoms with Gasteiger partial charge in [0.2, 0.25) is 0 Å². The minimum Gasteiger partial charge on any atom is -0.496 e. The highest BCUT2D eigenvalue weighted by Crippen LogP contribution is 2.36. The Balaban J connectivity index is 2.39. The van der Waals surface area contributed by atoms with Crippen LogP contribution in [0.2, 0.25) is 0 Å². The fourth-order valence-electron chi connectivity index (χ4n) is 2.31. The predicted molar refractivity (Wildman–Crippen MR) is 95.2 cm³/mol. The standard InChI is InChI=1S/C16H18Br2N2O2/c1-21-13-7-9(17)3-5-11(13)15(19)16(20)12-6-4-10(18)8-14(12)22-2/h3-8,15-16H,19-20H2,1-2H3. The van der Waals surface area contributed by atoms with E-state index >= 15 is 0 Å². The molecular weight excluding hydrogens is 412 g/mol. The average Bonchev–Trinajstić information content (AvgIpc) is 2.53. The molecule has 0 saturated heterocycles. The second-order valence-corrected chi connectivity index (χ2v) is 6.66. The first kappa shape index (κ1) is 17.3. The number of benzene rings is 2. The summed E-state index contributed by atoms with van der Waals surface area (Å²) in [5.74, 6) is 1.40. The van der Waals surface area contributed by atoms with Crippen molar-refractivity contribution in [3.05, 3.63) is 56.5 Å². The second kappa shape index (κ2) is 7.46. The van der Waals surface area contributed by atoms with Crippen molar-refractivity contribution >= 4 is 31.9 Å². The van der Waals surface area contributed by atoms with Gasteiger partial charge in [-0.05, 0) is 24.3 Å². The summed E-state index contributed by atoms with van der Waals surface area (Å²) in [5, 5.41) is 0. The number of halogens is 2. The van der Waals surface area contributed by atoms with Gasteiger partial charge in [0, 0.05) is 20.1 Å². The number of ether oxygens (including phenoxy) is 2. The van der Waals surface area contributed by atoms with E-state index in [2.05, 4.69) is 31.9 Å². The number of hydrogen-bond donors (Lipinski definition) is 2. The summed E-state index contributed by atoms with van der Waals surface area (Å²) in [6, 6.07) is 10.6. The molecule has 2 unspecified atom stereocenters. The van der Waals surface area contributed by atoms with E-state index in [9.17, 15) is 0 Å². The summed E-state index contributed by atoms with van der Waals surface area (Å²) in [4.78, 5) is 0. The van der Waals surface area contributed by atoms with Gasteiger partial charge >= 0.3 is 0 Å². The van der Waals surface area contributed by atoms with E-state index in [1.165, 1.54) is 0 Å². The monoisotopic (exact) mass is 428 g/mol. The molecule has 6 heteroatoms. The summed E-state index contributed by atoms with van der Waals surface area (Å²) in [6.07, 6.45) is 0. The van der Waals surface area contributed by atoms with Crippen molar-refractivity contribution in [1.29, 1.82) is 0 Å². The van der Waals surface area contributed by atoms with Gasteiger partial charge in [0.05, 0.1) is 26.3 Å². The lowest BCUT2D eigenvalue weighted by atomic mass is 9.93. The van der Waals surface area contributed by atoms with Crippen LogP contribution in [0.3, 0.4) is 0 Å². The quantitative estimate of drug-likeness (QED) is 0.755. The molecule has 2 rings (SSSR count). The molecule has 4 N–H and O–H groups in total. The second-order valence-electron chi connectivity index (χ2n) is 4.82. The van der Waals surface area contributed by atoms with Crippen molar-refractivity contribution in [2.45, 2.75) is 12.1 Å². The largest absolute Gasteiger partial charge is 0.496 e. The smallest absolute Gasteiger partial charge is 0.124 e. The molecule has 0 aliphatic rings. The van der Waals surface area contributed by atoms with Gasteiger partial charge in [0.15, 0.2) is 0 Å². The molecule has 2 aromatic carbocycles. The summed E-state index contributed by atoms with van der Waals surface area (Å²) in [6.45, 7) is 0. The van der Waals surface area contributed by atoms with E-state index in [1.54, 1.807) is 14.2 Å². The Kier molecular flexibility index (Phi) is 5.86. The fourth-order valence-corrected chi connectivity index (χ4v) is 2.99. The van der Waals surface area contributed by atoms with Crippen LogP contribution in [-0.4, -0.2) is 14.2 Å². The molecule has 0 spiro atoms. The summed E-state index contributed by atoms with van der Waals surface area (Å²) >= 11 is 6.84. The zero-order valence-electron chi connectivity index (χ0n) is 12.3. The van der Waals surface area contributed by atoms with Crippen molar-refractivity contribution < 1.29 is 9.47 Å². The third-order valence-electron chi connectivity index (χ3n) is 3.50. The lowest BCUT2D eigenvalue weighted by Crippen LogP contribution is -2.27. The van der Waals surface area contributed by atoms with Crippen LogP contribution in [0, 0.1) is 0 Å². The van der Waals surface area contributed by atoms with E-state index in [0.717, 1.165) is 20.1 Å². The first-order valence-electron chi connectivity index (χ1n) is 6.66. The first-order chi connectivity index (χ1) is 10.5. The van der Waals surface area contributed by atoms with E-state index in [0.29, 0.717) is 11.5 Å². The predicted octanol–water partition coefficient (Wildman–Crippen LogP) is 3.93. The van der Waals surface area contributed by atoms with Gasteiger partial charge < -0.3 is 20.9 Å². The lowest BCUT2D eigenvalue weighted by molar-refractivity contribution is 0.391. The fraction of sp³-hybridized carbons (Fsp3) is 0.250. The number of rotatable bonds is 5. The third kappa shape index (κ3) is 3.63. The molecule has 0 aliphatic carbocycles. The Bertz CT molecular complexity index is 607. The van der Waals surface area contributed by atoms with Gasteiger partial charge in [0.25, 0.3) is 0 Å². The maximum absolute atomic E-state index is 6.37. The molecule has 0 aliphatic heterocycles. The molecule has 0 saturated carbocycles. The van der Waals surface area contributed by atoms with Crippen molar-refractivity contribution in [3.63, 3.8) is 0 Å². The van der Waals surface area contributed by atoms with Crippen LogP contribution in [0.25, 0.3) is 0 Å². The van der Waals surface area contributed by atoms with Crippen LogP contribution in [0.5, 0.6) is 11.5 Å². The topological polar surface area (TPSA) is 70.5 Å². The minimum atomic E-state index is -0.418. The van der Waals surface area contributed by atoms with Gasteiger partial charge in [-0.3, -0.25) is 0 Å². The van der Waals surface area contributed by atoms with Crippen LogP contribution < -0.4 is 20.9 Å². The Morgan fingerprint density at radius 1 is 0.773 bits per heavy atom. The highest BCUT2D eigenvalue weighted by molar-refractivity contribution is 9.10. The average molecular weight is 430 g/mol. The maximum atomic E-state index is 6.37. The molecule has 0 aromatic heterocycles. The summed E-state index contributed by atoms with van der Waals surface area (Å²) < 4.78 is 12.7. The van der Waals surface area contributed by atoms with E-state index in [4.69, 9.17) is 20.9 Å². The van der Waals surface area contributed by atoms with Crippen LogP contribution in [0.15, 0.2) is 45.3 Å². The summed E-state index contributed by atoms with van der Waals surface area (Å²) in [5.41, 5.74) is 14.4. The molecule has 118 valence electrons. The molecule has 2 atom stereocenters. The first-order valence-corrected chi connectivity index (χ1v) is 8.24. The normalized spacial score (nSPS) is 13.5. The van der Waals surface area contributed by atoms with Crippen LogP contribution >= 0.6 is 31.9 Å². The molecule has 22 heavy (non-hydrogen) atoms. The van der Waals surface area contributed by atoms with Crippen molar-refractivity contribution in [1.82, 2.24) is 0 Å². The molecule has 0 heterocycles.